The molecule has 0 spiro atoms. The highest BCUT2D eigenvalue weighted by atomic mass is 35.5. The summed E-state index contributed by atoms with van der Waals surface area (Å²) in [4.78, 5) is 24.5. The Morgan fingerprint density at radius 2 is 1.16 bits per heavy atom. The molecule has 0 aliphatic carbocycles. The van der Waals surface area contributed by atoms with E-state index in [9.17, 15) is 9.59 Å². The van der Waals surface area contributed by atoms with Crippen molar-refractivity contribution in [1.29, 1.82) is 0 Å². The number of carbonyl (C=O) groups is 2. The molecule has 1 atom stereocenters. The van der Waals surface area contributed by atoms with Crippen LogP contribution in [-0.2, 0) is 19.1 Å². The number of halogens is 1. The number of hydrogen-bond donors (Lipinski definition) is 0. The summed E-state index contributed by atoms with van der Waals surface area (Å²) in [5.41, 5.74) is 0. The maximum absolute atomic E-state index is 12.3. The van der Waals surface area contributed by atoms with Gasteiger partial charge in [-0.3, -0.25) is 9.59 Å². The third-order valence-corrected chi connectivity index (χ3v) is 5.44. The first kappa shape index (κ1) is 33.4. The van der Waals surface area contributed by atoms with Gasteiger partial charge in [-0.2, -0.15) is 0 Å². The van der Waals surface area contributed by atoms with Crippen molar-refractivity contribution in [3.63, 3.8) is 0 Å². The molecule has 0 aliphatic heterocycles. The minimum atomic E-state index is -0.418. The smallest absolute Gasteiger partial charge is 0.309 e. The molecule has 0 bridgehead atoms. The van der Waals surface area contributed by atoms with E-state index in [1.165, 1.54) is 57.8 Å². The standard InChI is InChI=1S/C26H52NO4.ClH/c1-6-8-10-12-13-14-15-17-19-21-30-26(29)22-24(23-27(3,4)5)31-25(28)20-18-16-11-9-7-2;/h24H,6-23H2,1-5H3;1H/q+1;/p-1/t24-;/m1./s1. The molecule has 6 heteroatoms. The predicted molar refractivity (Wildman–Crippen MR) is 129 cm³/mol. The average molecular weight is 478 g/mol. The third-order valence-electron chi connectivity index (χ3n) is 5.44. The molecule has 32 heavy (non-hydrogen) atoms. The van der Waals surface area contributed by atoms with Crippen LogP contribution in [-0.4, -0.2) is 56.8 Å². The average Bonchev–Trinajstić information content (AvgIpc) is 2.68. The van der Waals surface area contributed by atoms with E-state index in [0.29, 0.717) is 24.1 Å². The van der Waals surface area contributed by atoms with Crippen LogP contribution in [0, 0.1) is 0 Å². The van der Waals surface area contributed by atoms with Crippen LogP contribution in [0.2, 0.25) is 0 Å². The first-order valence-electron chi connectivity index (χ1n) is 12.9. The SMILES string of the molecule is CCCCCCCCCCCOC(=O)C[C@H](C[N+](C)(C)C)OC(=O)CCCCCCC.[Cl-]. The Hall–Kier alpha value is -0.810. The number of quaternary nitrogens is 1. The number of hydrogen-bond acceptors (Lipinski definition) is 4. The van der Waals surface area contributed by atoms with E-state index in [1.54, 1.807) is 0 Å². The van der Waals surface area contributed by atoms with Crippen molar-refractivity contribution >= 4 is 11.9 Å². The highest BCUT2D eigenvalue weighted by molar-refractivity contribution is 5.72. The summed E-state index contributed by atoms with van der Waals surface area (Å²) >= 11 is 0. The summed E-state index contributed by atoms with van der Waals surface area (Å²) in [6.07, 6.45) is 16.8. The van der Waals surface area contributed by atoms with Crippen molar-refractivity contribution in [3.8, 4) is 0 Å². The lowest BCUT2D eigenvalue weighted by Gasteiger charge is -2.28. The summed E-state index contributed by atoms with van der Waals surface area (Å²) in [6.45, 7) is 5.50. The molecule has 192 valence electrons. The van der Waals surface area contributed by atoms with Crippen molar-refractivity contribution < 1.29 is 36.0 Å². The molecule has 5 nitrogen and oxygen atoms in total. The van der Waals surface area contributed by atoms with Crippen molar-refractivity contribution in [3.05, 3.63) is 0 Å². The summed E-state index contributed by atoms with van der Waals surface area (Å²) < 4.78 is 11.7. The summed E-state index contributed by atoms with van der Waals surface area (Å²) in [5, 5.41) is 0. The van der Waals surface area contributed by atoms with Gasteiger partial charge in [0.05, 0.1) is 34.2 Å². The lowest BCUT2D eigenvalue weighted by molar-refractivity contribution is -0.873. The number of esters is 2. The Morgan fingerprint density at radius 1 is 0.688 bits per heavy atom. The molecule has 0 aromatic rings. The van der Waals surface area contributed by atoms with Crippen molar-refractivity contribution in [2.24, 2.45) is 0 Å². The second kappa shape index (κ2) is 22.0. The Morgan fingerprint density at radius 3 is 1.66 bits per heavy atom. The van der Waals surface area contributed by atoms with Crippen LogP contribution < -0.4 is 12.4 Å². The normalized spacial score (nSPS) is 12.2. The third kappa shape index (κ3) is 23.8. The van der Waals surface area contributed by atoms with Gasteiger partial charge >= 0.3 is 11.9 Å². The molecule has 0 fully saturated rings. The molecule has 0 aromatic heterocycles. The molecular weight excluding hydrogens is 426 g/mol. The second-order valence-electron chi connectivity index (χ2n) is 10.0. The molecular formula is C26H52ClNO4. The van der Waals surface area contributed by atoms with Gasteiger partial charge in [0.2, 0.25) is 0 Å². The van der Waals surface area contributed by atoms with E-state index in [1.807, 2.05) is 21.1 Å². The highest BCUT2D eigenvalue weighted by Crippen LogP contribution is 2.12. The van der Waals surface area contributed by atoms with Crippen LogP contribution in [0.1, 0.15) is 117 Å². The van der Waals surface area contributed by atoms with E-state index < -0.39 is 6.10 Å². The molecule has 0 amide bonds. The molecule has 0 saturated heterocycles. The van der Waals surface area contributed by atoms with Crippen molar-refractivity contribution in [2.75, 3.05) is 34.3 Å². The van der Waals surface area contributed by atoms with Crippen LogP contribution >= 0.6 is 0 Å². The lowest BCUT2D eigenvalue weighted by Crippen LogP contribution is -3.00. The zero-order chi connectivity index (χ0) is 23.4. The molecule has 0 N–H and O–H groups in total. The minimum absolute atomic E-state index is 0. The zero-order valence-electron chi connectivity index (χ0n) is 21.8. The summed E-state index contributed by atoms with van der Waals surface area (Å²) in [7, 11) is 6.12. The second-order valence-corrected chi connectivity index (χ2v) is 10.0. The van der Waals surface area contributed by atoms with Crippen LogP contribution in [0.5, 0.6) is 0 Å². The first-order valence-corrected chi connectivity index (χ1v) is 12.9. The molecule has 0 aliphatic rings. The summed E-state index contributed by atoms with van der Waals surface area (Å²) in [6, 6.07) is 0. The van der Waals surface area contributed by atoms with Gasteiger partial charge in [0, 0.05) is 6.42 Å². The Balaban J connectivity index is 0. The van der Waals surface area contributed by atoms with Gasteiger partial charge in [-0.05, 0) is 12.8 Å². The quantitative estimate of drug-likeness (QED) is 0.144. The Kier molecular flexibility index (Phi) is 22.9. The van der Waals surface area contributed by atoms with E-state index in [2.05, 4.69) is 13.8 Å². The number of nitrogens with zero attached hydrogens (tertiary/aromatic N) is 1. The zero-order valence-corrected chi connectivity index (χ0v) is 22.5. The Labute approximate surface area is 205 Å². The molecule has 0 aromatic carbocycles. The van der Waals surface area contributed by atoms with Crippen LogP contribution in [0.25, 0.3) is 0 Å². The van der Waals surface area contributed by atoms with Gasteiger partial charge in [-0.15, -0.1) is 0 Å². The van der Waals surface area contributed by atoms with Gasteiger partial charge in [-0.25, -0.2) is 0 Å². The summed E-state index contributed by atoms with van der Waals surface area (Å²) in [5.74, 6) is -0.449. The van der Waals surface area contributed by atoms with Gasteiger partial charge in [0.1, 0.15) is 6.54 Å². The fourth-order valence-corrected chi connectivity index (χ4v) is 3.72. The minimum Gasteiger partial charge on any atom is -1.00 e. The van der Waals surface area contributed by atoms with E-state index in [4.69, 9.17) is 9.47 Å². The van der Waals surface area contributed by atoms with Crippen LogP contribution in [0.15, 0.2) is 0 Å². The molecule has 0 heterocycles. The van der Waals surface area contributed by atoms with Gasteiger partial charge in [0.15, 0.2) is 6.10 Å². The fourth-order valence-electron chi connectivity index (χ4n) is 3.72. The molecule has 0 radical (unpaired) electrons. The number of rotatable bonds is 21. The van der Waals surface area contributed by atoms with E-state index >= 15 is 0 Å². The predicted octanol–water partition coefficient (Wildman–Crippen LogP) is 3.43. The maximum atomic E-state index is 12.3. The molecule has 0 rings (SSSR count). The fraction of sp³-hybridized carbons (Fsp3) is 0.923. The van der Waals surface area contributed by atoms with Crippen LogP contribution in [0.3, 0.4) is 0 Å². The van der Waals surface area contributed by atoms with Crippen molar-refractivity contribution in [2.45, 2.75) is 123 Å². The number of likely N-dealkylation sites (N-methyl/N-ethyl adjacent to an activating group) is 1. The van der Waals surface area contributed by atoms with Gasteiger partial charge in [0.25, 0.3) is 0 Å². The number of carbonyl (C=O) groups excluding carboxylic acids is 2. The van der Waals surface area contributed by atoms with E-state index in [-0.39, 0.29) is 30.8 Å². The molecule has 0 unspecified atom stereocenters. The topological polar surface area (TPSA) is 52.6 Å². The van der Waals surface area contributed by atoms with E-state index in [0.717, 1.165) is 32.1 Å². The number of ether oxygens (including phenoxy) is 2. The maximum Gasteiger partial charge on any atom is 0.309 e. The highest BCUT2D eigenvalue weighted by Gasteiger charge is 2.25. The van der Waals surface area contributed by atoms with Gasteiger partial charge < -0.3 is 26.4 Å². The molecule has 0 saturated carbocycles. The Bertz CT molecular complexity index is 452. The number of unbranched alkanes of at least 4 members (excludes halogenated alkanes) is 12. The first-order chi connectivity index (χ1) is 14.8. The van der Waals surface area contributed by atoms with Gasteiger partial charge in [-0.1, -0.05) is 90.9 Å². The van der Waals surface area contributed by atoms with Crippen LogP contribution in [0.4, 0.5) is 0 Å². The van der Waals surface area contributed by atoms with Crippen molar-refractivity contribution in [1.82, 2.24) is 0 Å². The lowest BCUT2D eigenvalue weighted by atomic mass is 10.1. The largest absolute Gasteiger partial charge is 1.00 e. The monoisotopic (exact) mass is 477 g/mol.